The first-order valence-corrected chi connectivity index (χ1v) is 7.55. The van der Waals surface area contributed by atoms with Crippen LogP contribution in [-0.4, -0.2) is 19.0 Å². The molecule has 3 rings (SSSR count). The Morgan fingerprint density at radius 3 is 2.67 bits per heavy atom. The molecule has 0 radical (unpaired) electrons. The summed E-state index contributed by atoms with van der Waals surface area (Å²) in [5, 5.41) is 4.06. The fourth-order valence-electron chi connectivity index (χ4n) is 2.31. The standard InChI is InChI=1S/C18H14ClNO4/c1-10-3-4-11(18(22)23-2)8-14(10)20-17(21)16-9-12-7-13(19)5-6-15(12)24-16/h3-9H,1-2H3,(H,20,21). The van der Waals surface area contributed by atoms with Crippen LogP contribution in [0.4, 0.5) is 5.69 Å². The molecular formula is C18H14ClNO4. The Morgan fingerprint density at radius 1 is 1.12 bits per heavy atom. The Kier molecular flexibility index (Phi) is 4.27. The molecule has 6 heteroatoms. The molecule has 0 bridgehead atoms. The number of halogens is 1. The fraction of sp³-hybridized carbons (Fsp3) is 0.111. The number of carbonyl (C=O) groups is 2. The second-order valence-corrected chi connectivity index (χ2v) is 5.70. The van der Waals surface area contributed by atoms with Gasteiger partial charge in [0.1, 0.15) is 5.58 Å². The fourth-order valence-corrected chi connectivity index (χ4v) is 2.49. The van der Waals surface area contributed by atoms with Gasteiger partial charge in [0.15, 0.2) is 5.76 Å². The lowest BCUT2D eigenvalue weighted by Crippen LogP contribution is -2.13. The average Bonchev–Trinajstić information content (AvgIpc) is 2.99. The molecule has 1 aromatic heterocycles. The number of nitrogens with one attached hydrogen (secondary N) is 1. The van der Waals surface area contributed by atoms with Crippen molar-refractivity contribution in [2.75, 3.05) is 12.4 Å². The number of carbonyl (C=O) groups excluding carboxylic acids is 2. The first-order valence-electron chi connectivity index (χ1n) is 7.17. The van der Waals surface area contributed by atoms with Crippen LogP contribution in [0.15, 0.2) is 46.9 Å². The van der Waals surface area contributed by atoms with Gasteiger partial charge in [0.25, 0.3) is 5.91 Å². The van der Waals surface area contributed by atoms with Gasteiger partial charge >= 0.3 is 5.97 Å². The zero-order chi connectivity index (χ0) is 17.3. The molecule has 2 aromatic carbocycles. The van der Waals surface area contributed by atoms with E-state index in [1.54, 1.807) is 42.5 Å². The number of anilines is 1. The highest BCUT2D eigenvalue weighted by molar-refractivity contribution is 6.31. The van der Waals surface area contributed by atoms with E-state index in [9.17, 15) is 9.59 Å². The van der Waals surface area contributed by atoms with Crippen molar-refractivity contribution in [3.8, 4) is 0 Å². The first kappa shape index (κ1) is 16.1. The maximum absolute atomic E-state index is 12.4. The molecule has 1 N–H and O–H groups in total. The minimum Gasteiger partial charge on any atom is -0.465 e. The summed E-state index contributed by atoms with van der Waals surface area (Å²) in [4.78, 5) is 24.0. The minimum absolute atomic E-state index is 0.162. The molecule has 0 spiro atoms. The summed E-state index contributed by atoms with van der Waals surface area (Å²) in [6, 6.07) is 11.7. The lowest BCUT2D eigenvalue weighted by Gasteiger charge is -2.08. The molecular weight excluding hydrogens is 330 g/mol. The van der Waals surface area contributed by atoms with Crippen molar-refractivity contribution in [1.29, 1.82) is 0 Å². The number of benzene rings is 2. The molecule has 0 aliphatic rings. The predicted octanol–water partition coefficient (Wildman–Crippen LogP) is 4.43. The lowest BCUT2D eigenvalue weighted by molar-refractivity contribution is 0.0600. The van der Waals surface area contributed by atoms with Crippen molar-refractivity contribution >= 4 is 40.1 Å². The van der Waals surface area contributed by atoms with Crippen LogP contribution in [0.5, 0.6) is 0 Å². The number of hydrogen-bond acceptors (Lipinski definition) is 4. The summed E-state index contributed by atoms with van der Waals surface area (Å²) in [5.41, 5.74) is 2.26. The van der Waals surface area contributed by atoms with E-state index >= 15 is 0 Å². The molecule has 1 amide bonds. The Labute approximate surface area is 143 Å². The predicted molar refractivity (Wildman–Crippen MR) is 91.7 cm³/mol. The molecule has 1 heterocycles. The summed E-state index contributed by atoms with van der Waals surface area (Å²) < 4.78 is 10.2. The Morgan fingerprint density at radius 2 is 1.92 bits per heavy atom. The molecule has 0 saturated carbocycles. The topological polar surface area (TPSA) is 68.5 Å². The van der Waals surface area contributed by atoms with E-state index in [1.807, 2.05) is 6.92 Å². The van der Waals surface area contributed by atoms with Gasteiger partial charge in [0.05, 0.1) is 12.7 Å². The molecule has 0 aliphatic carbocycles. The third kappa shape index (κ3) is 3.12. The van der Waals surface area contributed by atoms with Gasteiger partial charge in [0, 0.05) is 16.1 Å². The maximum Gasteiger partial charge on any atom is 0.337 e. The quantitative estimate of drug-likeness (QED) is 0.714. The van der Waals surface area contributed by atoms with Crippen molar-refractivity contribution in [3.63, 3.8) is 0 Å². The second-order valence-electron chi connectivity index (χ2n) is 5.27. The number of rotatable bonds is 3. The van der Waals surface area contributed by atoms with Gasteiger partial charge in [-0.2, -0.15) is 0 Å². The highest BCUT2D eigenvalue weighted by atomic mass is 35.5. The van der Waals surface area contributed by atoms with E-state index in [0.717, 1.165) is 10.9 Å². The number of ether oxygens (including phenoxy) is 1. The molecule has 5 nitrogen and oxygen atoms in total. The average molecular weight is 344 g/mol. The van der Waals surface area contributed by atoms with Crippen LogP contribution in [0.2, 0.25) is 5.02 Å². The molecule has 0 fully saturated rings. The Balaban J connectivity index is 1.89. The van der Waals surface area contributed by atoms with Gasteiger partial charge in [-0.1, -0.05) is 17.7 Å². The van der Waals surface area contributed by atoms with Crippen molar-refractivity contribution in [2.24, 2.45) is 0 Å². The number of fused-ring (bicyclic) bond motifs is 1. The van der Waals surface area contributed by atoms with E-state index in [4.69, 9.17) is 16.0 Å². The molecule has 0 aliphatic heterocycles. The van der Waals surface area contributed by atoms with Crippen LogP contribution in [0.1, 0.15) is 26.5 Å². The first-order chi connectivity index (χ1) is 11.5. The van der Waals surface area contributed by atoms with Crippen LogP contribution in [0.25, 0.3) is 11.0 Å². The van der Waals surface area contributed by atoms with E-state index in [0.29, 0.717) is 21.9 Å². The third-order valence-corrected chi connectivity index (χ3v) is 3.84. The summed E-state index contributed by atoms with van der Waals surface area (Å²) >= 11 is 5.93. The smallest absolute Gasteiger partial charge is 0.337 e. The molecule has 0 saturated heterocycles. The highest BCUT2D eigenvalue weighted by Crippen LogP contribution is 2.24. The summed E-state index contributed by atoms with van der Waals surface area (Å²) in [5.74, 6) is -0.716. The highest BCUT2D eigenvalue weighted by Gasteiger charge is 2.15. The SMILES string of the molecule is COC(=O)c1ccc(C)c(NC(=O)c2cc3cc(Cl)ccc3o2)c1. The summed E-state index contributed by atoms with van der Waals surface area (Å²) in [7, 11) is 1.31. The molecule has 3 aromatic rings. The maximum atomic E-state index is 12.4. The van der Waals surface area contributed by atoms with Crippen LogP contribution in [-0.2, 0) is 4.74 Å². The third-order valence-electron chi connectivity index (χ3n) is 3.61. The number of furan rings is 1. The number of aryl methyl sites for hydroxylation is 1. The number of esters is 1. The lowest BCUT2D eigenvalue weighted by atomic mass is 10.1. The normalized spacial score (nSPS) is 10.6. The van der Waals surface area contributed by atoms with Crippen molar-refractivity contribution in [1.82, 2.24) is 0 Å². The summed E-state index contributed by atoms with van der Waals surface area (Å²) in [6.07, 6.45) is 0. The van der Waals surface area contributed by atoms with Gasteiger partial charge in [-0.25, -0.2) is 4.79 Å². The number of amides is 1. The van der Waals surface area contributed by atoms with E-state index in [1.165, 1.54) is 7.11 Å². The Hall–Kier alpha value is -2.79. The van der Waals surface area contributed by atoms with E-state index in [-0.39, 0.29) is 5.76 Å². The van der Waals surface area contributed by atoms with Gasteiger partial charge in [0.2, 0.25) is 0 Å². The van der Waals surface area contributed by atoms with Crippen LogP contribution in [0, 0.1) is 6.92 Å². The zero-order valence-corrected chi connectivity index (χ0v) is 13.8. The number of hydrogen-bond donors (Lipinski definition) is 1. The van der Waals surface area contributed by atoms with Crippen molar-refractivity contribution < 1.29 is 18.7 Å². The van der Waals surface area contributed by atoms with Crippen LogP contribution >= 0.6 is 11.6 Å². The second kappa shape index (κ2) is 6.37. The van der Waals surface area contributed by atoms with Crippen LogP contribution in [0.3, 0.4) is 0 Å². The van der Waals surface area contributed by atoms with Gasteiger partial charge in [-0.15, -0.1) is 0 Å². The van der Waals surface area contributed by atoms with Gasteiger partial charge in [-0.05, 0) is 48.9 Å². The van der Waals surface area contributed by atoms with E-state index < -0.39 is 11.9 Å². The van der Waals surface area contributed by atoms with Gasteiger partial charge in [-0.3, -0.25) is 4.79 Å². The largest absolute Gasteiger partial charge is 0.465 e. The van der Waals surface area contributed by atoms with Crippen molar-refractivity contribution in [2.45, 2.75) is 6.92 Å². The molecule has 122 valence electrons. The van der Waals surface area contributed by atoms with Gasteiger partial charge < -0.3 is 14.5 Å². The van der Waals surface area contributed by atoms with Crippen LogP contribution < -0.4 is 5.32 Å². The van der Waals surface area contributed by atoms with E-state index in [2.05, 4.69) is 10.1 Å². The molecule has 0 unspecified atom stereocenters. The molecule has 24 heavy (non-hydrogen) atoms. The molecule has 0 atom stereocenters. The Bertz CT molecular complexity index is 945. The van der Waals surface area contributed by atoms with Crippen molar-refractivity contribution in [3.05, 3.63) is 64.4 Å². The monoisotopic (exact) mass is 343 g/mol. The minimum atomic E-state index is -0.469. The number of methoxy groups -OCH3 is 1. The summed E-state index contributed by atoms with van der Waals surface area (Å²) in [6.45, 7) is 1.83. The zero-order valence-electron chi connectivity index (χ0n) is 13.1.